The number of amides is 1. The van der Waals surface area contributed by atoms with Gasteiger partial charge in [0.25, 0.3) is 5.91 Å². The van der Waals surface area contributed by atoms with Gasteiger partial charge >= 0.3 is 0 Å². The molecule has 1 N–H and O–H groups in total. The number of aromatic nitrogens is 1. The predicted molar refractivity (Wildman–Crippen MR) is 94.2 cm³/mol. The first kappa shape index (κ1) is 17.0. The van der Waals surface area contributed by atoms with E-state index in [1.165, 1.54) is 5.56 Å². The maximum Gasteiger partial charge on any atom is 0.255 e. The number of nitrogens with zero attached hydrogens (tertiary/aromatic N) is 1. The molecule has 0 bridgehead atoms. The van der Waals surface area contributed by atoms with Crippen molar-refractivity contribution >= 4 is 11.7 Å². The Morgan fingerprint density at radius 3 is 2.88 bits per heavy atom. The molecule has 3 heterocycles. The lowest BCUT2D eigenvalue weighted by molar-refractivity contribution is 0.0907. The number of hydrogen-bond donors (Lipinski definition) is 1. The van der Waals surface area contributed by atoms with Gasteiger partial charge in [0.05, 0.1) is 30.4 Å². The fraction of sp³-hybridized carbons (Fsp3) is 0.450. The summed E-state index contributed by atoms with van der Waals surface area (Å²) in [5.41, 5.74) is 2.05. The lowest BCUT2D eigenvalue weighted by atomic mass is 9.92. The van der Waals surface area contributed by atoms with Crippen molar-refractivity contribution < 1.29 is 18.7 Å². The standard InChI is InChI=1S/C20H22N2O4/c1-12-18(19-16(23)3-2-4-17(19)26-12)20(24)22-15-11-25-10-14(15)9-13-5-7-21-8-6-13/h5-8,14-15H,2-4,9-11H2,1H3,(H,22,24)/t14-,15-/m1/s1. The summed E-state index contributed by atoms with van der Waals surface area (Å²) in [6.45, 7) is 2.84. The van der Waals surface area contributed by atoms with Crippen LogP contribution in [0.25, 0.3) is 0 Å². The molecule has 2 aromatic heterocycles. The summed E-state index contributed by atoms with van der Waals surface area (Å²) in [7, 11) is 0. The van der Waals surface area contributed by atoms with E-state index >= 15 is 0 Å². The van der Waals surface area contributed by atoms with Gasteiger partial charge in [-0.05, 0) is 37.5 Å². The van der Waals surface area contributed by atoms with Gasteiger partial charge in [-0.15, -0.1) is 0 Å². The number of furan rings is 1. The molecule has 136 valence electrons. The molecular weight excluding hydrogens is 332 g/mol. The number of carbonyl (C=O) groups is 2. The number of ketones is 1. The van der Waals surface area contributed by atoms with Crippen LogP contribution in [0, 0.1) is 12.8 Å². The molecule has 26 heavy (non-hydrogen) atoms. The summed E-state index contributed by atoms with van der Waals surface area (Å²) in [4.78, 5) is 29.2. The van der Waals surface area contributed by atoms with Crippen molar-refractivity contribution in [2.24, 2.45) is 5.92 Å². The van der Waals surface area contributed by atoms with Crippen LogP contribution in [0.1, 0.15) is 50.6 Å². The fourth-order valence-corrected chi connectivity index (χ4v) is 3.90. The first-order chi connectivity index (χ1) is 12.6. The van der Waals surface area contributed by atoms with E-state index in [9.17, 15) is 9.59 Å². The number of pyridine rings is 1. The molecule has 0 saturated carbocycles. The highest BCUT2D eigenvalue weighted by Gasteiger charge is 2.34. The van der Waals surface area contributed by atoms with Crippen molar-refractivity contribution in [1.82, 2.24) is 10.3 Å². The van der Waals surface area contributed by atoms with E-state index in [0.29, 0.717) is 48.7 Å². The van der Waals surface area contributed by atoms with Crippen LogP contribution in [0.4, 0.5) is 0 Å². The highest BCUT2D eigenvalue weighted by molar-refractivity contribution is 6.10. The molecule has 1 aliphatic heterocycles. The van der Waals surface area contributed by atoms with Crippen LogP contribution in [0.3, 0.4) is 0 Å². The normalized spacial score (nSPS) is 22.3. The second-order valence-electron chi connectivity index (χ2n) is 7.05. The Morgan fingerprint density at radius 2 is 2.08 bits per heavy atom. The van der Waals surface area contributed by atoms with Gasteiger partial charge in [-0.1, -0.05) is 0 Å². The lowest BCUT2D eigenvalue weighted by Crippen LogP contribution is -2.41. The number of hydrogen-bond acceptors (Lipinski definition) is 5. The molecule has 0 aromatic carbocycles. The van der Waals surface area contributed by atoms with Crippen molar-refractivity contribution in [1.29, 1.82) is 0 Å². The number of rotatable bonds is 4. The average molecular weight is 354 g/mol. The largest absolute Gasteiger partial charge is 0.465 e. The molecule has 6 nitrogen and oxygen atoms in total. The fourth-order valence-electron chi connectivity index (χ4n) is 3.90. The SMILES string of the molecule is Cc1oc2c(c1C(=O)N[C@@H]1COC[C@H]1Cc1ccncc1)C(=O)CCC2. The Kier molecular flexibility index (Phi) is 4.59. The summed E-state index contributed by atoms with van der Waals surface area (Å²) >= 11 is 0. The maximum absolute atomic E-state index is 12.9. The van der Waals surface area contributed by atoms with E-state index in [1.54, 1.807) is 19.3 Å². The monoisotopic (exact) mass is 354 g/mol. The van der Waals surface area contributed by atoms with Gasteiger partial charge in [0.15, 0.2) is 5.78 Å². The summed E-state index contributed by atoms with van der Waals surface area (Å²) in [5, 5.41) is 3.07. The van der Waals surface area contributed by atoms with Crippen LogP contribution >= 0.6 is 0 Å². The van der Waals surface area contributed by atoms with Gasteiger partial charge in [0.2, 0.25) is 0 Å². The van der Waals surface area contributed by atoms with Crippen LogP contribution in [0.15, 0.2) is 28.9 Å². The van der Waals surface area contributed by atoms with Crippen molar-refractivity contribution in [2.75, 3.05) is 13.2 Å². The van der Waals surface area contributed by atoms with E-state index in [4.69, 9.17) is 9.15 Å². The molecule has 0 spiro atoms. The summed E-state index contributed by atoms with van der Waals surface area (Å²) in [6, 6.07) is 3.87. The molecule has 1 amide bonds. The van der Waals surface area contributed by atoms with Crippen LogP contribution in [-0.2, 0) is 17.6 Å². The topological polar surface area (TPSA) is 81.4 Å². The minimum absolute atomic E-state index is 0.00394. The molecule has 0 unspecified atom stereocenters. The quantitative estimate of drug-likeness (QED) is 0.912. The molecule has 2 aromatic rings. The smallest absolute Gasteiger partial charge is 0.255 e. The molecule has 1 aliphatic carbocycles. The number of fused-ring (bicyclic) bond motifs is 1. The Morgan fingerprint density at radius 1 is 1.27 bits per heavy atom. The third-order valence-electron chi connectivity index (χ3n) is 5.23. The van der Waals surface area contributed by atoms with Crippen LogP contribution < -0.4 is 5.32 Å². The minimum atomic E-state index is -0.238. The van der Waals surface area contributed by atoms with Gasteiger partial charge in [-0.2, -0.15) is 0 Å². The Labute approximate surface area is 151 Å². The maximum atomic E-state index is 12.9. The van der Waals surface area contributed by atoms with Crippen molar-refractivity contribution in [3.8, 4) is 0 Å². The number of nitrogens with one attached hydrogen (secondary N) is 1. The van der Waals surface area contributed by atoms with E-state index in [1.807, 2.05) is 12.1 Å². The van der Waals surface area contributed by atoms with E-state index in [2.05, 4.69) is 10.3 Å². The number of ether oxygens (including phenoxy) is 1. The number of carbonyl (C=O) groups excluding carboxylic acids is 2. The van der Waals surface area contributed by atoms with E-state index in [-0.39, 0.29) is 23.7 Å². The summed E-state index contributed by atoms with van der Waals surface area (Å²) < 4.78 is 11.3. The van der Waals surface area contributed by atoms with E-state index < -0.39 is 0 Å². The molecule has 4 rings (SSSR count). The summed E-state index contributed by atoms with van der Waals surface area (Å²) in [5.74, 6) is 1.13. The van der Waals surface area contributed by atoms with E-state index in [0.717, 1.165) is 12.8 Å². The van der Waals surface area contributed by atoms with Gasteiger partial charge in [0, 0.05) is 31.2 Å². The second kappa shape index (κ2) is 7.03. The number of aryl methyl sites for hydroxylation is 2. The van der Waals surface area contributed by atoms with Crippen molar-refractivity contribution in [2.45, 2.75) is 38.6 Å². The highest BCUT2D eigenvalue weighted by atomic mass is 16.5. The Bertz CT molecular complexity index is 828. The minimum Gasteiger partial charge on any atom is -0.465 e. The summed E-state index contributed by atoms with van der Waals surface area (Å²) in [6.07, 6.45) is 6.33. The molecular formula is C20H22N2O4. The van der Waals surface area contributed by atoms with Crippen LogP contribution in [0.5, 0.6) is 0 Å². The first-order valence-electron chi connectivity index (χ1n) is 9.06. The molecule has 1 saturated heterocycles. The Balaban J connectivity index is 1.51. The Hall–Kier alpha value is -2.47. The third-order valence-corrected chi connectivity index (χ3v) is 5.23. The van der Waals surface area contributed by atoms with Gasteiger partial charge in [-0.25, -0.2) is 0 Å². The van der Waals surface area contributed by atoms with Crippen molar-refractivity contribution in [3.63, 3.8) is 0 Å². The van der Waals surface area contributed by atoms with Gasteiger partial charge < -0.3 is 14.5 Å². The molecule has 2 atom stereocenters. The molecule has 1 fully saturated rings. The highest BCUT2D eigenvalue weighted by Crippen LogP contribution is 2.30. The average Bonchev–Trinajstić information content (AvgIpc) is 3.20. The van der Waals surface area contributed by atoms with Gasteiger partial charge in [0.1, 0.15) is 11.5 Å². The zero-order valence-electron chi connectivity index (χ0n) is 14.8. The second-order valence-corrected chi connectivity index (χ2v) is 7.05. The predicted octanol–water partition coefficient (Wildman–Crippen LogP) is 2.49. The molecule has 6 heteroatoms. The molecule has 0 radical (unpaired) electrons. The van der Waals surface area contributed by atoms with Crippen molar-refractivity contribution in [3.05, 3.63) is 52.7 Å². The zero-order valence-corrected chi connectivity index (χ0v) is 14.8. The van der Waals surface area contributed by atoms with Gasteiger partial charge in [-0.3, -0.25) is 14.6 Å². The first-order valence-corrected chi connectivity index (χ1v) is 9.06. The van der Waals surface area contributed by atoms with Crippen LogP contribution in [-0.4, -0.2) is 35.9 Å². The zero-order chi connectivity index (χ0) is 18.1. The lowest BCUT2D eigenvalue weighted by Gasteiger charge is -2.19. The third kappa shape index (κ3) is 3.17. The molecule has 2 aliphatic rings. The van der Waals surface area contributed by atoms with Crippen LogP contribution in [0.2, 0.25) is 0 Å². The number of Topliss-reactive ketones (excluding diaryl/α,β-unsaturated/α-hetero) is 1.